The van der Waals surface area contributed by atoms with Gasteiger partial charge in [0.15, 0.2) is 0 Å². The molecule has 1 aliphatic rings. The van der Waals surface area contributed by atoms with Crippen molar-refractivity contribution in [3.63, 3.8) is 0 Å². The molecule has 22 heavy (non-hydrogen) atoms. The molecule has 0 aromatic heterocycles. The maximum atomic E-state index is 11.9. The molecule has 1 aromatic rings. The smallest absolute Gasteiger partial charge is 0.227 e. The average Bonchev–Trinajstić information content (AvgIpc) is 2.88. The van der Waals surface area contributed by atoms with Crippen LogP contribution in [0, 0.1) is 5.92 Å². The summed E-state index contributed by atoms with van der Waals surface area (Å²) in [6, 6.07) is 7.03. The van der Waals surface area contributed by atoms with E-state index in [0.717, 1.165) is 12.8 Å². The van der Waals surface area contributed by atoms with Crippen LogP contribution in [-0.4, -0.2) is 24.3 Å². The molecule has 6 heteroatoms. The Balaban J connectivity index is 1.99. The molecule has 0 unspecified atom stereocenters. The van der Waals surface area contributed by atoms with Crippen molar-refractivity contribution in [3.8, 4) is 0 Å². The second-order valence-corrected chi connectivity index (χ2v) is 5.51. The SMILES string of the molecule is CCCCC(=O)Nc1ccc(N2C[C@@H](C(N)=O)CC2=O)cc1. The molecule has 0 saturated carbocycles. The summed E-state index contributed by atoms with van der Waals surface area (Å²) in [4.78, 5) is 36.3. The minimum Gasteiger partial charge on any atom is -0.369 e. The molecule has 0 bridgehead atoms. The molecule has 0 aliphatic carbocycles. The Bertz CT molecular complexity index is 569. The summed E-state index contributed by atoms with van der Waals surface area (Å²) < 4.78 is 0. The number of carbonyl (C=O) groups excluding carboxylic acids is 3. The average molecular weight is 303 g/mol. The van der Waals surface area contributed by atoms with Crippen LogP contribution in [0.25, 0.3) is 0 Å². The Hall–Kier alpha value is -2.37. The van der Waals surface area contributed by atoms with E-state index >= 15 is 0 Å². The van der Waals surface area contributed by atoms with Crippen molar-refractivity contribution in [2.75, 3.05) is 16.8 Å². The van der Waals surface area contributed by atoms with Crippen LogP contribution in [0.4, 0.5) is 11.4 Å². The van der Waals surface area contributed by atoms with Crippen molar-refractivity contribution in [2.45, 2.75) is 32.6 Å². The molecule has 3 amide bonds. The van der Waals surface area contributed by atoms with Crippen LogP contribution in [0.15, 0.2) is 24.3 Å². The zero-order chi connectivity index (χ0) is 16.1. The van der Waals surface area contributed by atoms with E-state index in [1.54, 1.807) is 29.2 Å². The Morgan fingerprint density at radius 3 is 2.55 bits per heavy atom. The summed E-state index contributed by atoms with van der Waals surface area (Å²) in [6.07, 6.45) is 2.50. The van der Waals surface area contributed by atoms with Gasteiger partial charge in [0.2, 0.25) is 17.7 Å². The highest BCUT2D eigenvalue weighted by Crippen LogP contribution is 2.26. The van der Waals surface area contributed by atoms with Crippen LogP contribution in [0.2, 0.25) is 0 Å². The van der Waals surface area contributed by atoms with Crippen LogP contribution in [-0.2, 0) is 14.4 Å². The van der Waals surface area contributed by atoms with E-state index in [1.165, 1.54) is 0 Å². The van der Waals surface area contributed by atoms with Gasteiger partial charge in [0, 0.05) is 30.8 Å². The molecule has 0 radical (unpaired) electrons. The van der Waals surface area contributed by atoms with Crippen molar-refractivity contribution >= 4 is 29.1 Å². The number of rotatable bonds is 6. The van der Waals surface area contributed by atoms with E-state index < -0.39 is 11.8 Å². The highest BCUT2D eigenvalue weighted by molar-refractivity contribution is 6.00. The fraction of sp³-hybridized carbons (Fsp3) is 0.438. The van der Waals surface area contributed by atoms with Gasteiger partial charge in [-0.15, -0.1) is 0 Å². The van der Waals surface area contributed by atoms with E-state index in [4.69, 9.17) is 5.73 Å². The Morgan fingerprint density at radius 1 is 1.32 bits per heavy atom. The lowest BCUT2D eigenvalue weighted by atomic mass is 10.1. The monoisotopic (exact) mass is 303 g/mol. The maximum absolute atomic E-state index is 11.9. The van der Waals surface area contributed by atoms with Gasteiger partial charge in [-0.1, -0.05) is 13.3 Å². The molecule has 2 rings (SSSR count). The van der Waals surface area contributed by atoms with Gasteiger partial charge in [-0.25, -0.2) is 0 Å². The molecule has 1 aromatic carbocycles. The number of anilines is 2. The normalized spacial score (nSPS) is 17.6. The van der Waals surface area contributed by atoms with E-state index in [-0.39, 0.29) is 18.2 Å². The molecule has 1 saturated heterocycles. The lowest BCUT2D eigenvalue weighted by molar-refractivity contribution is -0.123. The summed E-state index contributed by atoms with van der Waals surface area (Å²) in [6.45, 7) is 2.35. The molecule has 3 N–H and O–H groups in total. The molecule has 1 heterocycles. The van der Waals surface area contributed by atoms with Gasteiger partial charge in [0.05, 0.1) is 5.92 Å². The molecule has 1 fully saturated rings. The second-order valence-electron chi connectivity index (χ2n) is 5.51. The molecule has 118 valence electrons. The van der Waals surface area contributed by atoms with Gasteiger partial charge in [-0.2, -0.15) is 0 Å². The van der Waals surface area contributed by atoms with Gasteiger partial charge in [-0.05, 0) is 30.7 Å². The third kappa shape index (κ3) is 3.84. The quantitative estimate of drug-likeness (QED) is 0.837. The van der Waals surface area contributed by atoms with Crippen LogP contribution in [0.5, 0.6) is 0 Å². The minimum absolute atomic E-state index is 0.0133. The molecule has 6 nitrogen and oxygen atoms in total. The first kappa shape index (κ1) is 16.0. The highest BCUT2D eigenvalue weighted by Gasteiger charge is 2.33. The van der Waals surface area contributed by atoms with Crippen molar-refractivity contribution < 1.29 is 14.4 Å². The zero-order valence-electron chi connectivity index (χ0n) is 12.7. The number of carbonyl (C=O) groups is 3. The largest absolute Gasteiger partial charge is 0.369 e. The fourth-order valence-corrected chi connectivity index (χ4v) is 2.43. The standard InChI is InChI=1S/C16H21N3O3/c1-2-3-4-14(20)18-12-5-7-13(8-6-12)19-10-11(16(17)22)9-15(19)21/h5-8,11H,2-4,9-10H2,1H3,(H2,17,22)(H,18,20)/t11-/m0/s1. The summed E-state index contributed by atoms with van der Waals surface area (Å²) in [7, 11) is 0. The number of nitrogens with two attached hydrogens (primary N) is 1. The van der Waals surface area contributed by atoms with Crippen LogP contribution >= 0.6 is 0 Å². The number of primary amides is 1. The number of amides is 3. The van der Waals surface area contributed by atoms with Crippen molar-refractivity contribution in [1.82, 2.24) is 0 Å². The molecule has 1 atom stereocenters. The number of benzene rings is 1. The lowest BCUT2D eigenvalue weighted by Gasteiger charge is -2.16. The van der Waals surface area contributed by atoms with E-state index in [2.05, 4.69) is 5.32 Å². The van der Waals surface area contributed by atoms with Gasteiger partial charge in [0.25, 0.3) is 0 Å². The van der Waals surface area contributed by atoms with Crippen LogP contribution in [0.1, 0.15) is 32.6 Å². The molecular weight excluding hydrogens is 282 g/mol. The van der Waals surface area contributed by atoms with E-state index in [9.17, 15) is 14.4 Å². The molecule has 0 spiro atoms. The summed E-state index contributed by atoms with van der Waals surface area (Å²) >= 11 is 0. The van der Waals surface area contributed by atoms with Crippen molar-refractivity contribution in [1.29, 1.82) is 0 Å². The predicted octanol–water partition coefficient (Wildman–Crippen LogP) is 1.65. The van der Waals surface area contributed by atoms with Gasteiger partial charge >= 0.3 is 0 Å². The number of hydrogen-bond donors (Lipinski definition) is 2. The zero-order valence-corrected chi connectivity index (χ0v) is 12.7. The van der Waals surface area contributed by atoms with Gasteiger partial charge in [0.1, 0.15) is 0 Å². The maximum Gasteiger partial charge on any atom is 0.227 e. The number of nitrogens with zero attached hydrogens (tertiary/aromatic N) is 1. The topological polar surface area (TPSA) is 92.5 Å². The molecular formula is C16H21N3O3. The summed E-state index contributed by atoms with van der Waals surface area (Å²) in [5, 5.41) is 2.82. The third-order valence-corrected chi connectivity index (χ3v) is 3.75. The van der Waals surface area contributed by atoms with Crippen molar-refractivity contribution in [2.24, 2.45) is 11.7 Å². The minimum atomic E-state index is -0.448. The van der Waals surface area contributed by atoms with Crippen LogP contribution < -0.4 is 16.0 Å². The first-order valence-electron chi connectivity index (χ1n) is 7.51. The predicted molar refractivity (Wildman–Crippen MR) is 84.3 cm³/mol. The third-order valence-electron chi connectivity index (χ3n) is 3.75. The lowest BCUT2D eigenvalue weighted by Crippen LogP contribution is -2.28. The van der Waals surface area contributed by atoms with Crippen LogP contribution in [0.3, 0.4) is 0 Å². The fourth-order valence-electron chi connectivity index (χ4n) is 2.43. The van der Waals surface area contributed by atoms with Gasteiger partial charge in [-0.3, -0.25) is 14.4 Å². The summed E-state index contributed by atoms with van der Waals surface area (Å²) in [5.41, 5.74) is 6.66. The Kier molecular flexibility index (Phi) is 5.14. The number of hydrogen-bond acceptors (Lipinski definition) is 3. The first-order valence-corrected chi connectivity index (χ1v) is 7.51. The van der Waals surface area contributed by atoms with Crippen molar-refractivity contribution in [3.05, 3.63) is 24.3 Å². The second kappa shape index (κ2) is 7.06. The van der Waals surface area contributed by atoms with E-state index in [1.807, 2.05) is 6.92 Å². The highest BCUT2D eigenvalue weighted by atomic mass is 16.2. The first-order chi connectivity index (χ1) is 10.5. The number of unbranched alkanes of at least 4 members (excludes halogenated alkanes) is 1. The Morgan fingerprint density at radius 2 is 2.00 bits per heavy atom. The molecule has 1 aliphatic heterocycles. The van der Waals surface area contributed by atoms with Gasteiger partial charge < -0.3 is 16.0 Å². The summed E-state index contributed by atoms with van der Waals surface area (Å²) in [5.74, 6) is -0.999. The number of nitrogens with one attached hydrogen (secondary N) is 1. The van der Waals surface area contributed by atoms with E-state index in [0.29, 0.717) is 24.3 Å². The Labute approximate surface area is 129 Å².